The van der Waals surface area contributed by atoms with E-state index >= 15 is 0 Å². The highest BCUT2D eigenvalue weighted by Crippen LogP contribution is 2.19. The molecule has 5 heteroatoms. The lowest BCUT2D eigenvalue weighted by molar-refractivity contribution is -0.562. The van der Waals surface area contributed by atoms with Gasteiger partial charge in [-0.1, -0.05) is 6.92 Å². The Balaban J connectivity index is 4.24. The molecular weight excluding hydrogens is 162 g/mol. The van der Waals surface area contributed by atoms with Gasteiger partial charge in [-0.25, -0.2) is 0 Å². The van der Waals surface area contributed by atoms with Crippen molar-refractivity contribution in [2.24, 2.45) is 5.92 Å². The summed E-state index contributed by atoms with van der Waals surface area (Å²) in [5.74, 6) is -1.67. The van der Waals surface area contributed by atoms with Crippen molar-refractivity contribution in [1.29, 1.82) is 0 Å². The van der Waals surface area contributed by atoms with Crippen LogP contribution < -0.4 is 0 Å². The van der Waals surface area contributed by atoms with Crippen molar-refractivity contribution in [2.45, 2.75) is 32.7 Å². The number of hydrogen-bond donors (Lipinski definition) is 1. The van der Waals surface area contributed by atoms with Crippen molar-refractivity contribution in [3.63, 3.8) is 0 Å². The first-order chi connectivity index (χ1) is 5.27. The smallest absolute Gasteiger partial charge is 0.306 e. The third-order valence-corrected chi connectivity index (χ3v) is 1.72. The fourth-order valence-electron chi connectivity index (χ4n) is 0.911. The van der Waals surface area contributed by atoms with E-state index in [1.165, 1.54) is 20.8 Å². The zero-order chi connectivity index (χ0) is 9.94. The molecule has 0 heterocycles. The highest BCUT2D eigenvalue weighted by atomic mass is 16.6. The van der Waals surface area contributed by atoms with Gasteiger partial charge >= 0.3 is 5.97 Å². The Morgan fingerprint density at radius 3 is 2.33 bits per heavy atom. The van der Waals surface area contributed by atoms with Gasteiger partial charge in [0.1, 0.15) is 0 Å². The Labute approximate surface area is 70.5 Å². The first-order valence-electron chi connectivity index (χ1n) is 3.64. The molecule has 1 atom stereocenters. The van der Waals surface area contributed by atoms with E-state index in [0.717, 1.165) is 0 Å². The van der Waals surface area contributed by atoms with Gasteiger partial charge in [-0.05, 0) is 0 Å². The summed E-state index contributed by atoms with van der Waals surface area (Å²) in [7, 11) is 0. The average Bonchev–Trinajstić information content (AvgIpc) is 1.85. The Morgan fingerprint density at radius 2 is 2.08 bits per heavy atom. The predicted octanol–water partition coefficient (Wildman–Crippen LogP) is 1.15. The van der Waals surface area contributed by atoms with Gasteiger partial charge in [0.15, 0.2) is 0 Å². The van der Waals surface area contributed by atoms with E-state index in [0.29, 0.717) is 0 Å². The van der Waals surface area contributed by atoms with Crippen LogP contribution in [0.3, 0.4) is 0 Å². The van der Waals surface area contributed by atoms with Gasteiger partial charge in [-0.15, -0.1) is 0 Å². The van der Waals surface area contributed by atoms with Crippen molar-refractivity contribution < 1.29 is 14.8 Å². The van der Waals surface area contributed by atoms with E-state index in [1.807, 2.05) is 0 Å². The van der Waals surface area contributed by atoms with Gasteiger partial charge in [0.2, 0.25) is 5.54 Å². The maximum Gasteiger partial charge on any atom is 0.306 e. The minimum Gasteiger partial charge on any atom is -0.481 e. The summed E-state index contributed by atoms with van der Waals surface area (Å²) in [5.41, 5.74) is -1.15. The zero-order valence-electron chi connectivity index (χ0n) is 7.40. The molecule has 0 aromatic carbocycles. The van der Waals surface area contributed by atoms with Crippen LogP contribution in [0.5, 0.6) is 0 Å². The molecule has 0 fully saturated rings. The normalized spacial score (nSPS) is 13.9. The molecule has 0 aromatic rings. The number of nitrogens with zero attached hydrogens (tertiary/aromatic N) is 1. The van der Waals surface area contributed by atoms with E-state index in [4.69, 9.17) is 5.11 Å². The number of hydrogen-bond acceptors (Lipinski definition) is 3. The summed E-state index contributed by atoms with van der Waals surface area (Å²) >= 11 is 0. The van der Waals surface area contributed by atoms with E-state index in [9.17, 15) is 14.9 Å². The first-order valence-corrected chi connectivity index (χ1v) is 3.64. The van der Waals surface area contributed by atoms with Gasteiger partial charge in [0, 0.05) is 25.2 Å². The molecule has 0 amide bonds. The lowest BCUT2D eigenvalue weighted by Crippen LogP contribution is -2.34. The molecule has 0 saturated heterocycles. The Hall–Kier alpha value is -1.13. The van der Waals surface area contributed by atoms with Gasteiger partial charge < -0.3 is 5.11 Å². The maximum absolute atomic E-state index is 10.4. The average molecular weight is 175 g/mol. The number of carboxylic acids is 1. The highest BCUT2D eigenvalue weighted by molar-refractivity contribution is 5.69. The summed E-state index contributed by atoms with van der Waals surface area (Å²) in [6.45, 7) is 4.31. The minimum atomic E-state index is -1.15. The summed E-state index contributed by atoms with van der Waals surface area (Å²) < 4.78 is 0. The quantitative estimate of drug-likeness (QED) is 0.513. The van der Waals surface area contributed by atoms with Gasteiger partial charge in [-0.2, -0.15) is 0 Å². The molecule has 1 N–H and O–H groups in total. The lowest BCUT2D eigenvalue weighted by atomic mass is 9.92. The van der Waals surface area contributed by atoms with Crippen LogP contribution in [-0.2, 0) is 4.79 Å². The molecule has 0 bridgehead atoms. The maximum atomic E-state index is 10.4. The van der Waals surface area contributed by atoms with Gasteiger partial charge in [-0.3, -0.25) is 14.9 Å². The molecule has 0 spiro atoms. The molecule has 0 saturated carbocycles. The largest absolute Gasteiger partial charge is 0.481 e. The molecule has 0 aliphatic heterocycles. The van der Waals surface area contributed by atoms with E-state index in [2.05, 4.69) is 0 Å². The number of carbonyl (C=O) groups is 1. The van der Waals surface area contributed by atoms with Crippen LogP contribution in [0, 0.1) is 16.0 Å². The Morgan fingerprint density at radius 1 is 1.67 bits per heavy atom. The topological polar surface area (TPSA) is 80.4 Å². The lowest BCUT2D eigenvalue weighted by Gasteiger charge is -2.17. The number of nitro groups is 1. The van der Waals surface area contributed by atoms with Crippen LogP contribution in [0.15, 0.2) is 0 Å². The number of rotatable bonds is 4. The molecule has 0 radical (unpaired) electrons. The third kappa shape index (κ3) is 2.86. The van der Waals surface area contributed by atoms with Crippen LogP contribution in [0.1, 0.15) is 27.2 Å². The van der Waals surface area contributed by atoms with Crippen molar-refractivity contribution >= 4 is 5.97 Å². The van der Waals surface area contributed by atoms with Crippen LogP contribution >= 0.6 is 0 Å². The van der Waals surface area contributed by atoms with Crippen LogP contribution in [0.25, 0.3) is 0 Å². The van der Waals surface area contributed by atoms with Crippen molar-refractivity contribution in [3.8, 4) is 0 Å². The molecule has 12 heavy (non-hydrogen) atoms. The molecule has 5 nitrogen and oxygen atoms in total. The zero-order valence-corrected chi connectivity index (χ0v) is 7.40. The number of carboxylic acid groups (broad SMARTS) is 1. The third-order valence-electron chi connectivity index (χ3n) is 1.72. The van der Waals surface area contributed by atoms with Gasteiger partial charge in [0.25, 0.3) is 0 Å². The SMILES string of the molecule is CC(CC(C)(C)[N+](=O)[O-])C(=O)O. The molecular formula is C7H13NO4. The molecule has 0 aliphatic carbocycles. The van der Waals surface area contributed by atoms with E-state index in [1.54, 1.807) is 0 Å². The van der Waals surface area contributed by atoms with E-state index in [-0.39, 0.29) is 6.42 Å². The van der Waals surface area contributed by atoms with Crippen LogP contribution in [-0.4, -0.2) is 21.5 Å². The second-order valence-corrected chi connectivity index (χ2v) is 3.51. The van der Waals surface area contributed by atoms with E-state index < -0.39 is 22.3 Å². The standard InChI is InChI=1S/C7H13NO4/c1-5(6(9)10)4-7(2,3)8(11)12/h5H,4H2,1-3H3,(H,9,10). The van der Waals surface area contributed by atoms with Crippen LogP contribution in [0.2, 0.25) is 0 Å². The molecule has 0 aliphatic rings. The molecule has 0 rings (SSSR count). The minimum absolute atomic E-state index is 0.0509. The fraction of sp³-hybridized carbons (Fsp3) is 0.857. The molecule has 0 aromatic heterocycles. The number of aliphatic carboxylic acids is 1. The monoisotopic (exact) mass is 175 g/mol. The summed E-state index contributed by atoms with van der Waals surface area (Å²) in [6, 6.07) is 0. The Kier molecular flexibility index (Phi) is 3.18. The first kappa shape index (κ1) is 10.9. The van der Waals surface area contributed by atoms with Crippen molar-refractivity contribution in [1.82, 2.24) is 0 Å². The van der Waals surface area contributed by atoms with Crippen molar-refractivity contribution in [2.75, 3.05) is 0 Å². The molecule has 70 valence electrons. The molecule has 1 unspecified atom stereocenters. The van der Waals surface area contributed by atoms with Crippen molar-refractivity contribution in [3.05, 3.63) is 10.1 Å². The second-order valence-electron chi connectivity index (χ2n) is 3.51. The van der Waals surface area contributed by atoms with Gasteiger partial charge in [0.05, 0.1) is 5.92 Å². The predicted molar refractivity (Wildman–Crippen MR) is 42.5 cm³/mol. The second kappa shape index (κ2) is 3.51. The fourth-order valence-corrected chi connectivity index (χ4v) is 0.911. The summed E-state index contributed by atoms with van der Waals surface area (Å²) in [5, 5.41) is 18.9. The Bertz CT molecular complexity index is 200. The highest BCUT2D eigenvalue weighted by Gasteiger charge is 2.34. The summed E-state index contributed by atoms with van der Waals surface area (Å²) in [6.07, 6.45) is 0.0509. The summed E-state index contributed by atoms with van der Waals surface area (Å²) in [4.78, 5) is 20.3. The van der Waals surface area contributed by atoms with Crippen LogP contribution in [0.4, 0.5) is 0 Å².